The SMILES string of the molecule is CCCNCc1nnc(-c2c[nH]ccc2=O)s1. The number of pyridine rings is 1. The molecule has 0 atom stereocenters. The Balaban J connectivity index is 2.13. The third-order valence-electron chi connectivity index (χ3n) is 2.22. The minimum atomic E-state index is -0.0343. The lowest BCUT2D eigenvalue weighted by Crippen LogP contribution is -2.13. The quantitative estimate of drug-likeness (QED) is 0.787. The molecule has 0 fully saturated rings. The minimum Gasteiger partial charge on any atom is -0.367 e. The number of H-pyrrole nitrogens is 1. The number of hydrogen-bond donors (Lipinski definition) is 2. The topological polar surface area (TPSA) is 70.7 Å². The predicted octanol–water partition coefficient (Wildman–Crippen LogP) is 1.39. The van der Waals surface area contributed by atoms with Crippen molar-refractivity contribution in [3.8, 4) is 10.6 Å². The summed E-state index contributed by atoms with van der Waals surface area (Å²) in [4.78, 5) is 14.5. The Morgan fingerprint density at radius 1 is 1.47 bits per heavy atom. The molecule has 0 unspecified atom stereocenters. The van der Waals surface area contributed by atoms with Gasteiger partial charge in [0.15, 0.2) is 10.4 Å². The van der Waals surface area contributed by atoms with Crippen LogP contribution in [0.1, 0.15) is 18.4 Å². The Kier molecular flexibility index (Phi) is 4.00. The van der Waals surface area contributed by atoms with Gasteiger partial charge in [-0.1, -0.05) is 18.3 Å². The summed E-state index contributed by atoms with van der Waals surface area (Å²) in [5.74, 6) is 0. The van der Waals surface area contributed by atoms with Crippen LogP contribution < -0.4 is 10.7 Å². The van der Waals surface area contributed by atoms with Crippen molar-refractivity contribution < 1.29 is 0 Å². The van der Waals surface area contributed by atoms with E-state index in [0.29, 0.717) is 17.1 Å². The normalized spacial score (nSPS) is 10.6. The first kappa shape index (κ1) is 11.9. The van der Waals surface area contributed by atoms with Gasteiger partial charge < -0.3 is 10.3 Å². The van der Waals surface area contributed by atoms with Crippen LogP contribution in [0.3, 0.4) is 0 Å². The molecule has 2 rings (SSSR count). The molecule has 0 bridgehead atoms. The maximum atomic E-state index is 11.6. The molecule has 0 aliphatic heterocycles. The van der Waals surface area contributed by atoms with Crippen molar-refractivity contribution in [3.05, 3.63) is 33.7 Å². The Hall–Kier alpha value is -1.53. The van der Waals surface area contributed by atoms with E-state index in [4.69, 9.17) is 0 Å². The molecular weight excluding hydrogens is 236 g/mol. The zero-order valence-corrected chi connectivity index (χ0v) is 10.4. The fraction of sp³-hybridized carbons (Fsp3) is 0.364. The third kappa shape index (κ3) is 2.98. The van der Waals surface area contributed by atoms with Gasteiger partial charge in [0, 0.05) is 25.0 Å². The third-order valence-corrected chi connectivity index (χ3v) is 3.18. The molecule has 0 saturated heterocycles. The summed E-state index contributed by atoms with van der Waals surface area (Å²) in [5.41, 5.74) is 0.541. The van der Waals surface area contributed by atoms with Crippen molar-refractivity contribution in [2.24, 2.45) is 0 Å². The lowest BCUT2D eigenvalue weighted by atomic mass is 10.3. The number of aromatic amines is 1. The van der Waals surface area contributed by atoms with E-state index in [9.17, 15) is 4.79 Å². The summed E-state index contributed by atoms with van der Waals surface area (Å²) in [6, 6.07) is 1.49. The van der Waals surface area contributed by atoms with Crippen molar-refractivity contribution in [1.82, 2.24) is 20.5 Å². The van der Waals surface area contributed by atoms with Crippen LogP contribution >= 0.6 is 11.3 Å². The van der Waals surface area contributed by atoms with Gasteiger partial charge in [0.2, 0.25) is 0 Å². The average Bonchev–Trinajstić information content (AvgIpc) is 2.79. The first-order chi connectivity index (χ1) is 8.31. The van der Waals surface area contributed by atoms with E-state index in [-0.39, 0.29) is 5.43 Å². The summed E-state index contributed by atoms with van der Waals surface area (Å²) in [5, 5.41) is 12.9. The van der Waals surface area contributed by atoms with Crippen molar-refractivity contribution in [1.29, 1.82) is 0 Å². The Morgan fingerprint density at radius 2 is 2.35 bits per heavy atom. The number of nitrogens with one attached hydrogen (secondary N) is 2. The molecule has 2 aromatic rings. The Bertz CT molecular complexity index is 534. The van der Waals surface area contributed by atoms with Crippen LogP contribution in [0.5, 0.6) is 0 Å². The highest BCUT2D eigenvalue weighted by Crippen LogP contribution is 2.19. The molecule has 2 aromatic heterocycles. The molecule has 0 saturated carbocycles. The van der Waals surface area contributed by atoms with Gasteiger partial charge >= 0.3 is 0 Å². The molecule has 17 heavy (non-hydrogen) atoms. The molecule has 0 aliphatic rings. The van der Waals surface area contributed by atoms with Crippen LogP contribution in [0, 0.1) is 0 Å². The summed E-state index contributed by atoms with van der Waals surface area (Å²) in [6.45, 7) is 3.78. The molecule has 0 amide bonds. The number of rotatable bonds is 5. The van der Waals surface area contributed by atoms with Crippen LogP contribution in [-0.2, 0) is 6.54 Å². The first-order valence-corrected chi connectivity index (χ1v) is 6.33. The second kappa shape index (κ2) is 5.70. The Morgan fingerprint density at radius 3 is 3.12 bits per heavy atom. The molecule has 90 valence electrons. The van der Waals surface area contributed by atoms with E-state index in [0.717, 1.165) is 18.0 Å². The lowest BCUT2D eigenvalue weighted by Gasteiger charge is -1.96. The summed E-state index contributed by atoms with van der Waals surface area (Å²) in [6.07, 6.45) is 4.35. The molecular formula is C11H14N4OS. The number of aromatic nitrogens is 3. The number of hydrogen-bond acceptors (Lipinski definition) is 5. The van der Waals surface area contributed by atoms with Crippen LogP contribution in [0.4, 0.5) is 0 Å². The van der Waals surface area contributed by atoms with E-state index in [1.54, 1.807) is 12.4 Å². The highest BCUT2D eigenvalue weighted by atomic mass is 32.1. The number of nitrogens with zero attached hydrogens (tertiary/aromatic N) is 2. The van der Waals surface area contributed by atoms with Crippen LogP contribution in [0.2, 0.25) is 0 Å². The van der Waals surface area contributed by atoms with Crippen molar-refractivity contribution in [3.63, 3.8) is 0 Å². The molecule has 5 nitrogen and oxygen atoms in total. The van der Waals surface area contributed by atoms with E-state index < -0.39 is 0 Å². The van der Waals surface area contributed by atoms with Crippen LogP contribution in [0.15, 0.2) is 23.3 Å². The largest absolute Gasteiger partial charge is 0.367 e. The van der Waals surface area contributed by atoms with Crippen molar-refractivity contribution in [2.45, 2.75) is 19.9 Å². The summed E-state index contributed by atoms with van der Waals surface area (Å²) >= 11 is 1.45. The maximum absolute atomic E-state index is 11.6. The summed E-state index contributed by atoms with van der Waals surface area (Å²) < 4.78 is 0. The fourth-order valence-corrected chi connectivity index (χ4v) is 2.22. The zero-order valence-electron chi connectivity index (χ0n) is 9.56. The standard InChI is InChI=1S/C11H14N4OS/c1-2-4-12-7-10-14-15-11(17-10)8-6-13-5-3-9(8)16/h3,5-6,12H,2,4,7H2,1H3,(H,13,16). The molecule has 2 N–H and O–H groups in total. The van der Waals surface area contributed by atoms with Crippen molar-refractivity contribution >= 4 is 11.3 Å². The van der Waals surface area contributed by atoms with Gasteiger partial charge in [-0.05, 0) is 13.0 Å². The Labute approximate surface area is 103 Å². The molecule has 6 heteroatoms. The highest BCUT2D eigenvalue weighted by molar-refractivity contribution is 7.14. The predicted molar refractivity (Wildman–Crippen MR) is 68.0 cm³/mol. The van der Waals surface area contributed by atoms with Gasteiger partial charge in [-0.15, -0.1) is 10.2 Å². The minimum absolute atomic E-state index is 0.0343. The van der Waals surface area contributed by atoms with Gasteiger partial charge in [-0.3, -0.25) is 4.79 Å². The van der Waals surface area contributed by atoms with Crippen LogP contribution in [-0.4, -0.2) is 21.7 Å². The summed E-state index contributed by atoms with van der Waals surface area (Å²) in [7, 11) is 0. The maximum Gasteiger partial charge on any atom is 0.191 e. The molecule has 0 radical (unpaired) electrons. The second-order valence-corrected chi connectivity index (χ2v) is 4.66. The van der Waals surface area contributed by atoms with Gasteiger partial charge in [0.05, 0.1) is 5.56 Å². The van der Waals surface area contributed by atoms with E-state index in [1.807, 2.05) is 0 Å². The fourth-order valence-electron chi connectivity index (χ4n) is 1.39. The molecule has 2 heterocycles. The second-order valence-electron chi connectivity index (χ2n) is 3.60. The molecule has 0 aliphatic carbocycles. The monoisotopic (exact) mass is 250 g/mol. The first-order valence-electron chi connectivity index (χ1n) is 5.52. The molecule has 0 aromatic carbocycles. The zero-order chi connectivity index (χ0) is 12.1. The highest BCUT2D eigenvalue weighted by Gasteiger charge is 2.08. The smallest absolute Gasteiger partial charge is 0.191 e. The average molecular weight is 250 g/mol. The van der Waals surface area contributed by atoms with Gasteiger partial charge in [-0.2, -0.15) is 0 Å². The van der Waals surface area contributed by atoms with E-state index in [2.05, 4.69) is 27.4 Å². The van der Waals surface area contributed by atoms with Crippen LogP contribution in [0.25, 0.3) is 10.6 Å². The molecule has 0 spiro atoms. The van der Waals surface area contributed by atoms with Gasteiger partial charge in [-0.25, -0.2) is 0 Å². The van der Waals surface area contributed by atoms with Gasteiger partial charge in [0.25, 0.3) is 0 Å². The van der Waals surface area contributed by atoms with Crippen molar-refractivity contribution in [2.75, 3.05) is 6.54 Å². The van der Waals surface area contributed by atoms with E-state index in [1.165, 1.54) is 17.4 Å². The van der Waals surface area contributed by atoms with E-state index >= 15 is 0 Å². The van der Waals surface area contributed by atoms with Gasteiger partial charge in [0.1, 0.15) is 5.01 Å². The lowest BCUT2D eigenvalue weighted by molar-refractivity contribution is 0.668.